The van der Waals surface area contributed by atoms with Crippen LogP contribution < -0.4 is 20.4 Å². The first kappa shape index (κ1) is 35.6. The van der Waals surface area contributed by atoms with E-state index in [0.717, 1.165) is 46.8 Å². The molecule has 0 radical (unpaired) electrons. The fourth-order valence-corrected chi connectivity index (χ4v) is 6.61. The van der Waals surface area contributed by atoms with Crippen molar-refractivity contribution in [2.24, 2.45) is 0 Å². The Hall–Kier alpha value is -2.68. The summed E-state index contributed by atoms with van der Waals surface area (Å²) in [6.45, 7) is 1.10. The van der Waals surface area contributed by atoms with E-state index in [2.05, 4.69) is 21.6 Å². The molecule has 0 unspecified atom stereocenters. The van der Waals surface area contributed by atoms with E-state index >= 15 is 0 Å². The minimum atomic E-state index is -1.77. The molecule has 2 fully saturated rings. The van der Waals surface area contributed by atoms with Gasteiger partial charge in [0.2, 0.25) is 5.91 Å². The molecule has 0 aromatic heterocycles. The van der Waals surface area contributed by atoms with E-state index in [1.165, 1.54) is 19.9 Å². The normalized spacial score (nSPS) is 19.4. The molecule has 1 aliphatic heterocycles. The number of urea groups is 1. The van der Waals surface area contributed by atoms with Crippen LogP contribution in [-0.4, -0.2) is 118 Å². The third kappa shape index (κ3) is 8.31. The van der Waals surface area contributed by atoms with Crippen LogP contribution in [-0.2, 0) is 17.8 Å². The van der Waals surface area contributed by atoms with Gasteiger partial charge in [-0.15, -0.1) is 0 Å². The van der Waals surface area contributed by atoms with Gasteiger partial charge in [-0.25, -0.2) is 4.79 Å². The van der Waals surface area contributed by atoms with Gasteiger partial charge in [0, 0.05) is 49.3 Å². The molecule has 5 rings (SSSR count). The Morgan fingerprint density at radius 1 is 0.979 bits per heavy atom. The van der Waals surface area contributed by atoms with Gasteiger partial charge in [-0.3, -0.25) is 10.1 Å². The zero-order valence-corrected chi connectivity index (χ0v) is 28.0. The number of nitrogens with one attached hydrogen (secondary N) is 2. The highest BCUT2D eigenvalue weighted by Gasteiger charge is 2.52. The predicted octanol–water partition coefficient (Wildman–Crippen LogP) is 1.64. The van der Waals surface area contributed by atoms with Crippen LogP contribution >= 0.6 is 23.2 Å². The van der Waals surface area contributed by atoms with Crippen LogP contribution in [0.25, 0.3) is 0 Å². The fourth-order valence-electron chi connectivity index (χ4n) is 6.07. The Morgan fingerprint density at radius 2 is 1.62 bits per heavy atom. The molecule has 7 N–H and O–H groups in total. The lowest BCUT2D eigenvalue weighted by Crippen LogP contribution is -2.53. The number of fused-ring (bicyclic) bond motifs is 1. The van der Waals surface area contributed by atoms with Crippen molar-refractivity contribution >= 4 is 46.5 Å². The number of anilines is 2. The topological polar surface area (TPSA) is 169 Å². The Bertz CT molecular complexity index is 1430. The lowest BCUT2D eigenvalue weighted by molar-refractivity contribution is -0.121. The third-order valence-corrected chi connectivity index (χ3v) is 10.0. The lowest BCUT2D eigenvalue weighted by Gasteiger charge is -2.39. The van der Waals surface area contributed by atoms with Crippen molar-refractivity contribution in [1.82, 2.24) is 15.5 Å². The van der Waals surface area contributed by atoms with Crippen molar-refractivity contribution in [2.45, 2.75) is 81.1 Å². The molecular weight excluding hydrogens is 649 g/mol. The first-order valence-electron chi connectivity index (χ1n) is 16.2. The number of rotatable bonds is 15. The predicted molar refractivity (Wildman–Crippen MR) is 180 cm³/mol. The van der Waals surface area contributed by atoms with Crippen LogP contribution in [0.5, 0.6) is 0 Å². The Labute approximate surface area is 284 Å². The fraction of sp³-hybridized carbons (Fsp3) is 0.576. The maximum Gasteiger partial charge on any atom is 0.317 e. The Balaban J connectivity index is 1.09. The molecule has 2 aromatic rings. The summed E-state index contributed by atoms with van der Waals surface area (Å²) in [7, 11) is 1.41. The number of likely N-dealkylation sites (N-methyl/N-ethyl adjacent to an activating group) is 1. The van der Waals surface area contributed by atoms with Gasteiger partial charge in [-0.1, -0.05) is 35.3 Å². The second-order valence-electron chi connectivity index (χ2n) is 12.9. The van der Waals surface area contributed by atoms with E-state index in [4.69, 9.17) is 28.3 Å². The molecule has 1 heterocycles. The van der Waals surface area contributed by atoms with Crippen LogP contribution in [0.4, 0.5) is 16.2 Å². The molecule has 0 bridgehead atoms. The number of carbonyl (C=O) groups is 2. The summed E-state index contributed by atoms with van der Waals surface area (Å²) in [5, 5.41) is 55.5. The Morgan fingerprint density at radius 3 is 2.28 bits per heavy atom. The van der Waals surface area contributed by atoms with E-state index in [0.29, 0.717) is 48.6 Å². The number of para-hydroxylation sites is 2. The van der Waals surface area contributed by atoms with E-state index in [9.17, 15) is 30.0 Å². The smallest absolute Gasteiger partial charge is 0.317 e. The number of amides is 3. The molecule has 14 heteroatoms. The standard InChI is InChI=1S/C33H45Cl2N5O7/c1-38(18-27(42)29(44)30(45)28(43)19-41)32(47)36-12-4-5-20-15-24(35)21(16-23(20)34)17-37-33(10-11-33)31(46)40-14-13-39(22-8-9-22)25-6-2-3-7-26(25)40/h2-3,6-7,15-16,22,27-30,37,41-45H,4-5,8-14,17-19H2,1H3,(H,36,47)/t27-,28+,29+,30+/m0/s1. The zero-order chi connectivity index (χ0) is 33.9. The molecule has 2 saturated carbocycles. The van der Waals surface area contributed by atoms with Crippen LogP contribution in [0.3, 0.4) is 0 Å². The molecule has 3 amide bonds. The molecule has 2 aliphatic carbocycles. The van der Waals surface area contributed by atoms with Gasteiger partial charge in [0.25, 0.3) is 0 Å². The molecule has 258 valence electrons. The van der Waals surface area contributed by atoms with Gasteiger partial charge in [0.05, 0.1) is 30.1 Å². The van der Waals surface area contributed by atoms with E-state index < -0.39 is 42.6 Å². The molecule has 0 saturated heterocycles. The number of nitrogens with zero attached hydrogens (tertiary/aromatic N) is 3. The number of aliphatic hydroxyl groups excluding tert-OH is 5. The third-order valence-electron chi connectivity index (χ3n) is 9.30. The van der Waals surface area contributed by atoms with Gasteiger partial charge in [-0.05, 0) is 73.9 Å². The van der Waals surface area contributed by atoms with Gasteiger partial charge in [-0.2, -0.15) is 0 Å². The molecule has 47 heavy (non-hydrogen) atoms. The van der Waals surface area contributed by atoms with Crippen molar-refractivity contribution in [3.8, 4) is 0 Å². The van der Waals surface area contributed by atoms with Crippen LogP contribution in [0.2, 0.25) is 10.0 Å². The summed E-state index contributed by atoms with van der Waals surface area (Å²) in [5.41, 5.74) is 3.10. The average molecular weight is 695 g/mol. The lowest BCUT2D eigenvalue weighted by atomic mass is 10.0. The van der Waals surface area contributed by atoms with Crippen molar-refractivity contribution in [2.75, 3.05) is 49.6 Å². The Kier molecular flexibility index (Phi) is 11.6. The van der Waals surface area contributed by atoms with Crippen LogP contribution in [0.15, 0.2) is 36.4 Å². The van der Waals surface area contributed by atoms with Crippen LogP contribution in [0, 0.1) is 0 Å². The minimum Gasteiger partial charge on any atom is -0.394 e. The number of aryl methyl sites for hydroxylation is 1. The van der Waals surface area contributed by atoms with E-state index in [1.54, 1.807) is 0 Å². The molecule has 0 spiro atoms. The maximum absolute atomic E-state index is 13.8. The van der Waals surface area contributed by atoms with Gasteiger partial charge in [0.15, 0.2) is 0 Å². The second kappa shape index (κ2) is 15.3. The molecule has 2 aromatic carbocycles. The second-order valence-corrected chi connectivity index (χ2v) is 13.7. The van der Waals surface area contributed by atoms with Gasteiger partial charge >= 0.3 is 6.03 Å². The molecule has 12 nitrogen and oxygen atoms in total. The minimum absolute atomic E-state index is 0.0932. The number of hydrogen-bond acceptors (Lipinski definition) is 9. The highest BCUT2D eigenvalue weighted by molar-refractivity contribution is 6.34. The van der Waals surface area contributed by atoms with Gasteiger partial charge in [0.1, 0.15) is 24.4 Å². The van der Waals surface area contributed by atoms with Crippen molar-refractivity contribution in [1.29, 1.82) is 0 Å². The largest absolute Gasteiger partial charge is 0.394 e. The maximum atomic E-state index is 13.8. The number of benzene rings is 2. The molecule has 3 aliphatic rings. The number of hydrogen-bond donors (Lipinski definition) is 7. The number of aliphatic hydroxyl groups is 5. The van der Waals surface area contributed by atoms with Crippen molar-refractivity contribution in [3.05, 3.63) is 57.6 Å². The summed E-state index contributed by atoms with van der Waals surface area (Å²) >= 11 is 13.3. The average Bonchev–Trinajstić information content (AvgIpc) is 4.01. The van der Waals surface area contributed by atoms with Crippen molar-refractivity contribution in [3.63, 3.8) is 0 Å². The summed E-state index contributed by atoms with van der Waals surface area (Å²) in [6.07, 6.45) is -1.66. The first-order chi connectivity index (χ1) is 22.5. The summed E-state index contributed by atoms with van der Waals surface area (Å²) in [6, 6.07) is 11.9. The quantitative estimate of drug-likeness (QED) is 0.137. The number of halogens is 2. The van der Waals surface area contributed by atoms with Crippen molar-refractivity contribution < 1.29 is 35.1 Å². The molecule has 4 atom stereocenters. The van der Waals surface area contributed by atoms with Crippen LogP contribution in [0.1, 0.15) is 43.2 Å². The summed E-state index contributed by atoms with van der Waals surface area (Å²) in [4.78, 5) is 31.8. The summed E-state index contributed by atoms with van der Waals surface area (Å²) < 4.78 is 0. The van der Waals surface area contributed by atoms with Gasteiger partial charge < -0.3 is 45.5 Å². The highest BCUT2D eigenvalue weighted by Crippen LogP contribution is 2.44. The van der Waals surface area contributed by atoms with E-state index in [1.807, 2.05) is 35.2 Å². The summed E-state index contributed by atoms with van der Waals surface area (Å²) in [5.74, 6) is 0.0932. The van der Waals surface area contributed by atoms with E-state index in [-0.39, 0.29) is 12.5 Å². The SMILES string of the molecule is CN(C[C@H](O)[C@@H](O)[C@H](O)[C@H](O)CO)C(=O)NCCCc1cc(Cl)c(CNC2(C(=O)N3CCN(C4CC4)c4ccccc43)CC2)cc1Cl. The highest BCUT2D eigenvalue weighted by atomic mass is 35.5. The number of carbonyl (C=O) groups excluding carboxylic acids is 2. The first-order valence-corrected chi connectivity index (χ1v) is 16.9. The zero-order valence-electron chi connectivity index (χ0n) is 26.5. The monoisotopic (exact) mass is 693 g/mol. The molecular formula is C33H45Cl2N5O7.